The number of allylic oxidation sites excluding steroid dienone is 12. The van der Waals surface area contributed by atoms with E-state index in [1.54, 1.807) is 0 Å². The highest BCUT2D eigenvalue weighted by atomic mass is 14.3. The molecule has 0 heteroatoms. The van der Waals surface area contributed by atoms with E-state index in [1.165, 1.54) is 77.9 Å². The van der Waals surface area contributed by atoms with Gasteiger partial charge in [-0.1, -0.05) is 134 Å². The molecule has 2 bridgehead atoms. The average molecular weight is 495 g/mol. The lowest BCUT2D eigenvalue weighted by Gasteiger charge is -2.11. The first-order valence-electron chi connectivity index (χ1n) is 13.7. The molecule has 0 saturated heterocycles. The maximum atomic E-state index is 2.39. The van der Waals surface area contributed by atoms with Crippen LogP contribution in [0.1, 0.15) is 28.7 Å². The molecule has 4 aliphatic carbocycles. The number of benzene rings is 4. The van der Waals surface area contributed by atoms with Gasteiger partial charge in [-0.2, -0.15) is 0 Å². The van der Waals surface area contributed by atoms with Crippen molar-refractivity contribution in [2.75, 3.05) is 0 Å². The lowest BCUT2D eigenvalue weighted by atomic mass is 9.93. The lowest BCUT2D eigenvalue weighted by molar-refractivity contribution is 1.18. The van der Waals surface area contributed by atoms with Crippen molar-refractivity contribution < 1.29 is 0 Å². The van der Waals surface area contributed by atoms with Crippen LogP contribution >= 0.6 is 0 Å². The van der Waals surface area contributed by atoms with Gasteiger partial charge < -0.3 is 0 Å². The van der Waals surface area contributed by atoms with Gasteiger partial charge in [-0.3, -0.25) is 0 Å². The van der Waals surface area contributed by atoms with Crippen LogP contribution in [-0.2, 0) is 0 Å². The van der Waals surface area contributed by atoms with E-state index >= 15 is 0 Å². The normalized spacial score (nSPS) is 16.0. The Kier molecular flexibility index (Phi) is 5.00. The van der Waals surface area contributed by atoms with Gasteiger partial charge in [0.25, 0.3) is 0 Å². The zero-order valence-electron chi connectivity index (χ0n) is 21.6. The van der Waals surface area contributed by atoms with Crippen LogP contribution in [0.4, 0.5) is 0 Å². The maximum absolute atomic E-state index is 2.39. The first-order valence-corrected chi connectivity index (χ1v) is 13.7. The van der Waals surface area contributed by atoms with Crippen molar-refractivity contribution in [1.82, 2.24) is 0 Å². The van der Waals surface area contributed by atoms with Gasteiger partial charge in [0.15, 0.2) is 0 Å². The molecular formula is C39H26. The molecule has 0 atom stereocenters. The van der Waals surface area contributed by atoms with Crippen molar-refractivity contribution >= 4 is 11.1 Å². The molecule has 0 spiro atoms. The van der Waals surface area contributed by atoms with Crippen molar-refractivity contribution in [3.63, 3.8) is 0 Å². The summed E-state index contributed by atoms with van der Waals surface area (Å²) in [5.74, 6) is 0. The van der Waals surface area contributed by atoms with Crippen LogP contribution in [0.15, 0.2) is 168 Å². The molecule has 0 radical (unpaired) electrons. The van der Waals surface area contributed by atoms with E-state index in [9.17, 15) is 0 Å². The summed E-state index contributed by atoms with van der Waals surface area (Å²) in [6.45, 7) is 0. The summed E-state index contributed by atoms with van der Waals surface area (Å²) in [4.78, 5) is 0. The molecule has 182 valence electrons. The Labute approximate surface area is 229 Å². The second-order valence-corrected chi connectivity index (χ2v) is 10.5. The number of hydrogen-bond donors (Lipinski definition) is 0. The molecule has 0 unspecified atom stereocenters. The average Bonchev–Trinajstić information content (AvgIpc) is 3.27. The van der Waals surface area contributed by atoms with Crippen molar-refractivity contribution in [2.45, 2.75) is 6.42 Å². The SMILES string of the molecule is C1=CC(C=C2c3ccccc3-c3ccccc32)=C2C=CC=C(C=C3c4ccccc4-c4ccccc43)C(=C1)C2. The van der Waals surface area contributed by atoms with Gasteiger partial charge in [0.2, 0.25) is 0 Å². The van der Waals surface area contributed by atoms with Gasteiger partial charge in [0.1, 0.15) is 0 Å². The molecule has 8 rings (SSSR count). The molecule has 39 heavy (non-hydrogen) atoms. The summed E-state index contributed by atoms with van der Waals surface area (Å²) in [5.41, 5.74) is 18.4. The predicted molar refractivity (Wildman–Crippen MR) is 164 cm³/mol. The Morgan fingerprint density at radius 1 is 0.436 bits per heavy atom. The summed E-state index contributed by atoms with van der Waals surface area (Å²) >= 11 is 0. The first-order chi connectivity index (χ1) is 19.3. The molecular weight excluding hydrogens is 468 g/mol. The molecule has 0 aromatic heterocycles. The maximum Gasteiger partial charge on any atom is -0.00139 e. The summed E-state index contributed by atoms with van der Waals surface area (Å²) in [7, 11) is 0. The van der Waals surface area contributed by atoms with Gasteiger partial charge in [0, 0.05) is 0 Å². The van der Waals surface area contributed by atoms with Gasteiger partial charge in [-0.25, -0.2) is 0 Å². The second kappa shape index (κ2) is 8.82. The lowest BCUT2D eigenvalue weighted by Crippen LogP contribution is -1.92. The van der Waals surface area contributed by atoms with E-state index in [4.69, 9.17) is 0 Å². The molecule has 0 saturated carbocycles. The quantitative estimate of drug-likeness (QED) is 0.225. The van der Waals surface area contributed by atoms with Crippen LogP contribution in [0.3, 0.4) is 0 Å². The highest BCUT2D eigenvalue weighted by molar-refractivity contribution is 6.03. The highest BCUT2D eigenvalue weighted by Gasteiger charge is 2.25. The van der Waals surface area contributed by atoms with E-state index in [0.29, 0.717) is 0 Å². The molecule has 4 aromatic rings. The summed E-state index contributed by atoms with van der Waals surface area (Å²) in [5, 5.41) is 0. The van der Waals surface area contributed by atoms with Crippen molar-refractivity contribution in [3.8, 4) is 22.3 Å². The van der Waals surface area contributed by atoms with Crippen LogP contribution in [0.5, 0.6) is 0 Å². The van der Waals surface area contributed by atoms with Crippen molar-refractivity contribution in [3.05, 3.63) is 190 Å². The van der Waals surface area contributed by atoms with Gasteiger partial charge in [-0.05, 0) is 96.5 Å². The van der Waals surface area contributed by atoms with Crippen molar-refractivity contribution in [1.29, 1.82) is 0 Å². The minimum atomic E-state index is 0.908. The second-order valence-electron chi connectivity index (χ2n) is 10.5. The molecule has 0 fully saturated rings. The largest absolute Gasteiger partial charge is 0.0616 e. The monoisotopic (exact) mass is 494 g/mol. The number of rotatable bonds is 2. The topological polar surface area (TPSA) is 0 Å². The first kappa shape index (κ1) is 22.1. The van der Waals surface area contributed by atoms with E-state index in [1.807, 2.05) is 0 Å². The van der Waals surface area contributed by atoms with Crippen LogP contribution in [-0.4, -0.2) is 0 Å². The Hall–Kier alpha value is -4.94. The van der Waals surface area contributed by atoms with Crippen LogP contribution in [0.2, 0.25) is 0 Å². The van der Waals surface area contributed by atoms with Gasteiger partial charge in [-0.15, -0.1) is 0 Å². The Balaban J connectivity index is 1.20. The van der Waals surface area contributed by atoms with E-state index in [-0.39, 0.29) is 0 Å². The minimum Gasteiger partial charge on any atom is -0.0616 e. The number of fused-ring (bicyclic) bond motifs is 8. The summed E-state index contributed by atoms with van der Waals surface area (Å²) in [6.07, 6.45) is 19.3. The van der Waals surface area contributed by atoms with Gasteiger partial charge in [0.05, 0.1) is 0 Å². The Morgan fingerprint density at radius 2 is 0.872 bits per heavy atom. The molecule has 0 heterocycles. The third kappa shape index (κ3) is 3.53. The molecule has 0 nitrogen and oxygen atoms in total. The fourth-order valence-corrected chi connectivity index (χ4v) is 6.47. The third-order valence-electron chi connectivity index (χ3n) is 8.32. The zero-order valence-corrected chi connectivity index (χ0v) is 21.6. The van der Waals surface area contributed by atoms with Crippen LogP contribution in [0.25, 0.3) is 33.4 Å². The summed E-state index contributed by atoms with van der Waals surface area (Å²) in [6, 6.07) is 35.1. The molecule has 0 N–H and O–H groups in total. The molecule has 0 amide bonds. The summed E-state index contributed by atoms with van der Waals surface area (Å²) < 4.78 is 0. The smallest absolute Gasteiger partial charge is 0.00139 e. The Morgan fingerprint density at radius 3 is 1.38 bits per heavy atom. The minimum absolute atomic E-state index is 0.908. The highest BCUT2D eigenvalue weighted by Crippen LogP contribution is 2.47. The van der Waals surface area contributed by atoms with Gasteiger partial charge >= 0.3 is 0 Å². The van der Waals surface area contributed by atoms with E-state index < -0.39 is 0 Å². The zero-order chi connectivity index (χ0) is 25.8. The van der Waals surface area contributed by atoms with Crippen LogP contribution in [0, 0.1) is 0 Å². The fourth-order valence-electron chi connectivity index (χ4n) is 6.47. The molecule has 4 aromatic carbocycles. The number of hydrogen-bond acceptors (Lipinski definition) is 0. The van der Waals surface area contributed by atoms with Crippen molar-refractivity contribution in [2.24, 2.45) is 0 Å². The van der Waals surface area contributed by atoms with Crippen LogP contribution < -0.4 is 0 Å². The third-order valence-corrected chi connectivity index (χ3v) is 8.32. The molecule has 0 aliphatic heterocycles. The Bertz CT molecular complexity index is 1810. The van der Waals surface area contributed by atoms with E-state index in [2.05, 4.69) is 146 Å². The predicted octanol–water partition coefficient (Wildman–Crippen LogP) is 9.89. The standard InChI is InChI=1S/C39H26/c1-5-19-34-30(15-1)31-16-2-6-20-35(31)38(34)24-28-13-9-12-27-23-26(28)11-10-14-29(27)25-39-36-21-7-3-17-32(36)33-18-4-8-22-37(33)39/h1-22,24-25H,23H2. The molecule has 4 aliphatic rings. The fraction of sp³-hybridized carbons (Fsp3) is 0.0256. The van der Waals surface area contributed by atoms with E-state index in [0.717, 1.165) is 6.42 Å².